The van der Waals surface area contributed by atoms with Crippen LogP contribution in [-0.4, -0.2) is 34.4 Å². The lowest BCUT2D eigenvalue weighted by Gasteiger charge is -2.20. The van der Waals surface area contributed by atoms with Crippen molar-refractivity contribution in [2.75, 3.05) is 6.61 Å². The third kappa shape index (κ3) is 4.94. The van der Waals surface area contributed by atoms with Gasteiger partial charge in [-0.1, -0.05) is 11.6 Å². The molecule has 1 aromatic carbocycles. The van der Waals surface area contributed by atoms with Gasteiger partial charge in [0.1, 0.15) is 5.01 Å². The molecule has 0 fully saturated rings. The van der Waals surface area contributed by atoms with Crippen LogP contribution in [0.2, 0.25) is 0 Å². The van der Waals surface area contributed by atoms with Crippen molar-refractivity contribution in [2.45, 2.75) is 46.0 Å². The Balaban J connectivity index is 1.41. The molecular formula is C23H24N4O4S. The van der Waals surface area contributed by atoms with E-state index in [2.05, 4.69) is 15.8 Å². The topological polar surface area (TPSA) is 110 Å². The Hall–Kier alpha value is -3.33. The standard InChI is InChI=1S/C23H24N4O4S/c1-13-7-8-18-16(9-13)22(15-5-3-4-6-17(15)25-18)23(30)31-11-20(29)27-26-19(28)10-21-24-14(2)12-32-21/h7-9,12H,3-6,10-11H2,1-2H3,(H,26,28)(H,27,29). The number of aromatic nitrogens is 2. The van der Waals surface area contributed by atoms with E-state index < -0.39 is 24.4 Å². The number of nitrogens with one attached hydrogen (secondary N) is 2. The molecule has 4 rings (SSSR count). The van der Waals surface area contributed by atoms with Gasteiger partial charge in [-0.15, -0.1) is 11.3 Å². The Morgan fingerprint density at radius 1 is 1.06 bits per heavy atom. The molecular weight excluding hydrogens is 428 g/mol. The number of benzene rings is 1. The molecule has 0 spiro atoms. The molecule has 32 heavy (non-hydrogen) atoms. The summed E-state index contributed by atoms with van der Waals surface area (Å²) in [7, 11) is 0. The maximum absolute atomic E-state index is 13.0. The van der Waals surface area contributed by atoms with Crippen LogP contribution in [0.1, 0.15) is 50.7 Å². The van der Waals surface area contributed by atoms with Crippen molar-refractivity contribution in [3.8, 4) is 0 Å². The lowest BCUT2D eigenvalue weighted by molar-refractivity contribution is -0.130. The molecule has 2 N–H and O–H groups in total. The first kappa shape index (κ1) is 21.9. The maximum Gasteiger partial charge on any atom is 0.339 e. The molecule has 2 aromatic heterocycles. The van der Waals surface area contributed by atoms with E-state index in [9.17, 15) is 14.4 Å². The number of thiazole rings is 1. The highest BCUT2D eigenvalue weighted by molar-refractivity contribution is 7.09. The molecule has 9 heteroatoms. The quantitative estimate of drug-likeness (QED) is 0.455. The minimum atomic E-state index is -0.620. The Labute approximate surface area is 189 Å². The lowest BCUT2D eigenvalue weighted by atomic mass is 9.89. The van der Waals surface area contributed by atoms with Crippen LogP contribution in [0.15, 0.2) is 23.6 Å². The summed E-state index contributed by atoms with van der Waals surface area (Å²) in [5.74, 6) is -1.57. The molecule has 3 aromatic rings. The van der Waals surface area contributed by atoms with Crippen LogP contribution in [-0.2, 0) is 33.6 Å². The molecule has 0 saturated carbocycles. The molecule has 1 aliphatic carbocycles. The van der Waals surface area contributed by atoms with E-state index in [0.717, 1.165) is 59.1 Å². The average molecular weight is 453 g/mol. The van der Waals surface area contributed by atoms with Crippen LogP contribution in [0.3, 0.4) is 0 Å². The number of hydrazine groups is 1. The fourth-order valence-corrected chi connectivity index (χ4v) is 4.59. The van der Waals surface area contributed by atoms with Crippen LogP contribution < -0.4 is 10.9 Å². The molecule has 0 radical (unpaired) electrons. The number of esters is 1. The van der Waals surface area contributed by atoms with Crippen molar-refractivity contribution >= 4 is 40.0 Å². The number of rotatable bonds is 5. The van der Waals surface area contributed by atoms with Gasteiger partial charge in [-0.25, -0.2) is 9.78 Å². The number of amides is 2. The van der Waals surface area contributed by atoms with E-state index in [1.165, 1.54) is 11.3 Å². The molecule has 0 atom stereocenters. The summed E-state index contributed by atoms with van der Waals surface area (Å²) in [6, 6.07) is 5.79. The number of ether oxygens (including phenoxy) is 1. The van der Waals surface area contributed by atoms with Crippen LogP contribution in [0.5, 0.6) is 0 Å². The smallest absolute Gasteiger partial charge is 0.339 e. The second-order valence-corrected chi connectivity index (χ2v) is 8.81. The fraction of sp³-hybridized carbons (Fsp3) is 0.348. The van der Waals surface area contributed by atoms with Gasteiger partial charge in [0.05, 0.1) is 17.5 Å². The van der Waals surface area contributed by atoms with Gasteiger partial charge in [-0.3, -0.25) is 25.4 Å². The minimum Gasteiger partial charge on any atom is -0.452 e. The predicted octanol–water partition coefficient (Wildman–Crippen LogP) is 2.73. The molecule has 0 unspecified atom stereocenters. The van der Waals surface area contributed by atoms with Crippen molar-refractivity contribution in [1.82, 2.24) is 20.8 Å². The summed E-state index contributed by atoms with van der Waals surface area (Å²) in [6.07, 6.45) is 3.67. The van der Waals surface area contributed by atoms with E-state index in [-0.39, 0.29) is 6.42 Å². The number of carbonyl (C=O) groups excluding carboxylic acids is 3. The zero-order valence-corrected chi connectivity index (χ0v) is 18.8. The van der Waals surface area contributed by atoms with Crippen molar-refractivity contribution < 1.29 is 19.1 Å². The number of fused-ring (bicyclic) bond motifs is 2. The summed E-state index contributed by atoms with van der Waals surface area (Å²) in [6.45, 7) is 3.30. The van der Waals surface area contributed by atoms with Gasteiger partial charge in [0.15, 0.2) is 6.61 Å². The number of carbonyl (C=O) groups is 3. The fourth-order valence-electron chi connectivity index (χ4n) is 3.82. The number of hydrogen-bond donors (Lipinski definition) is 2. The van der Waals surface area contributed by atoms with Gasteiger partial charge < -0.3 is 4.74 Å². The van der Waals surface area contributed by atoms with Gasteiger partial charge in [0, 0.05) is 22.2 Å². The van der Waals surface area contributed by atoms with Gasteiger partial charge in [-0.2, -0.15) is 0 Å². The Bertz CT molecular complexity index is 1200. The van der Waals surface area contributed by atoms with Crippen LogP contribution in [0, 0.1) is 13.8 Å². The van der Waals surface area contributed by atoms with Gasteiger partial charge >= 0.3 is 5.97 Å². The highest BCUT2D eigenvalue weighted by Gasteiger charge is 2.24. The number of nitrogens with zero attached hydrogens (tertiary/aromatic N) is 2. The van der Waals surface area contributed by atoms with E-state index in [1.807, 2.05) is 37.4 Å². The highest BCUT2D eigenvalue weighted by Crippen LogP contribution is 2.30. The van der Waals surface area contributed by atoms with E-state index in [0.29, 0.717) is 10.6 Å². The number of aryl methyl sites for hydroxylation is 3. The average Bonchev–Trinajstić information content (AvgIpc) is 3.18. The van der Waals surface area contributed by atoms with Crippen molar-refractivity contribution in [1.29, 1.82) is 0 Å². The van der Waals surface area contributed by atoms with Crippen LogP contribution in [0.25, 0.3) is 10.9 Å². The monoisotopic (exact) mass is 452 g/mol. The van der Waals surface area contributed by atoms with E-state index in [4.69, 9.17) is 9.72 Å². The largest absolute Gasteiger partial charge is 0.452 e. The number of pyridine rings is 1. The first-order chi connectivity index (χ1) is 15.4. The molecule has 2 amide bonds. The zero-order valence-electron chi connectivity index (χ0n) is 18.0. The van der Waals surface area contributed by atoms with E-state index in [1.54, 1.807) is 0 Å². The van der Waals surface area contributed by atoms with Crippen LogP contribution >= 0.6 is 11.3 Å². The normalized spacial score (nSPS) is 12.8. The summed E-state index contributed by atoms with van der Waals surface area (Å²) in [5.41, 5.74) is 9.52. The molecule has 0 saturated heterocycles. The SMILES string of the molecule is Cc1ccc2nc3c(c(C(=O)OCC(=O)NNC(=O)Cc4nc(C)cs4)c2c1)CCCC3. The number of hydrogen-bond acceptors (Lipinski definition) is 7. The summed E-state index contributed by atoms with van der Waals surface area (Å²) in [5, 5.41) is 3.25. The zero-order chi connectivity index (χ0) is 22.7. The minimum absolute atomic E-state index is 0.0626. The van der Waals surface area contributed by atoms with Crippen molar-refractivity contribution in [2.24, 2.45) is 0 Å². The molecule has 0 bridgehead atoms. The van der Waals surface area contributed by atoms with Crippen LogP contribution in [0.4, 0.5) is 0 Å². The van der Waals surface area contributed by atoms with Crippen molar-refractivity contribution in [3.63, 3.8) is 0 Å². The second kappa shape index (κ2) is 9.44. The Morgan fingerprint density at radius 2 is 1.84 bits per heavy atom. The molecule has 8 nitrogen and oxygen atoms in total. The first-order valence-corrected chi connectivity index (χ1v) is 11.4. The third-order valence-electron chi connectivity index (χ3n) is 5.28. The van der Waals surface area contributed by atoms with Crippen molar-refractivity contribution in [3.05, 3.63) is 56.7 Å². The molecule has 0 aliphatic heterocycles. The van der Waals surface area contributed by atoms with Gasteiger partial charge in [0.25, 0.3) is 5.91 Å². The van der Waals surface area contributed by atoms with E-state index >= 15 is 0 Å². The summed E-state index contributed by atoms with van der Waals surface area (Å²) in [4.78, 5) is 46.0. The maximum atomic E-state index is 13.0. The highest BCUT2D eigenvalue weighted by atomic mass is 32.1. The summed E-state index contributed by atoms with van der Waals surface area (Å²) < 4.78 is 5.32. The molecule has 2 heterocycles. The first-order valence-electron chi connectivity index (χ1n) is 10.5. The lowest BCUT2D eigenvalue weighted by Crippen LogP contribution is -2.44. The molecule has 1 aliphatic rings. The third-order valence-corrected chi connectivity index (χ3v) is 6.24. The van der Waals surface area contributed by atoms with Gasteiger partial charge in [0.2, 0.25) is 5.91 Å². The Morgan fingerprint density at radius 3 is 2.62 bits per heavy atom. The molecule has 166 valence electrons. The Kier molecular flexibility index (Phi) is 6.45. The van der Waals surface area contributed by atoms with Gasteiger partial charge in [-0.05, 0) is 57.2 Å². The summed E-state index contributed by atoms with van der Waals surface area (Å²) >= 11 is 1.38. The predicted molar refractivity (Wildman–Crippen MR) is 120 cm³/mol. The second-order valence-electron chi connectivity index (χ2n) is 7.87.